The highest BCUT2D eigenvalue weighted by atomic mass is 35.5. The normalized spacial score (nSPS) is 10.9. The molecule has 0 radical (unpaired) electrons. The van der Waals surface area contributed by atoms with E-state index in [0.29, 0.717) is 10.8 Å². The Balaban J connectivity index is 1.77. The molecule has 2 aromatic heterocycles. The zero-order valence-corrected chi connectivity index (χ0v) is 13.8. The molecule has 1 aromatic carbocycles. The highest BCUT2D eigenvalue weighted by molar-refractivity contribution is 6.31. The van der Waals surface area contributed by atoms with Gasteiger partial charge < -0.3 is 8.98 Å². The molecule has 7 heteroatoms. The van der Waals surface area contributed by atoms with Crippen LogP contribution in [0.2, 0.25) is 5.02 Å². The molecular weight excluding hydrogens is 342 g/mol. The van der Waals surface area contributed by atoms with Gasteiger partial charge in [-0.05, 0) is 35.9 Å². The fourth-order valence-corrected chi connectivity index (χ4v) is 2.42. The minimum atomic E-state index is -0.596. The average molecular weight is 356 g/mol. The molecule has 0 atom stereocenters. The van der Waals surface area contributed by atoms with Crippen molar-refractivity contribution in [2.45, 2.75) is 6.54 Å². The summed E-state index contributed by atoms with van der Waals surface area (Å²) >= 11 is 6.12. The summed E-state index contributed by atoms with van der Waals surface area (Å²) in [5.41, 5.74) is 2.67. The summed E-state index contributed by atoms with van der Waals surface area (Å²) in [7, 11) is 0. The summed E-state index contributed by atoms with van der Waals surface area (Å²) in [5, 5.41) is 4.33. The second-order valence-electron chi connectivity index (χ2n) is 5.16. The first kappa shape index (κ1) is 16.7. The molecule has 0 aliphatic heterocycles. The average Bonchev–Trinajstić information content (AvgIpc) is 3.12. The van der Waals surface area contributed by atoms with Crippen molar-refractivity contribution in [1.82, 2.24) is 9.99 Å². The van der Waals surface area contributed by atoms with Gasteiger partial charge in [0.2, 0.25) is 0 Å². The summed E-state index contributed by atoms with van der Waals surface area (Å²) in [6, 6.07) is 13.7. The second kappa shape index (κ2) is 7.63. The Morgan fingerprint density at radius 1 is 1.20 bits per heavy atom. The minimum Gasteiger partial charge on any atom is -0.463 e. The van der Waals surface area contributed by atoms with E-state index >= 15 is 0 Å². The first-order valence-corrected chi connectivity index (χ1v) is 7.83. The standard InChI is InChI=1S/C18H14ClN3O3/c19-16-8-2-1-5-13(16)12-22-9-3-7-15(18(22)24)17(23)21-20-11-14-6-4-10-25-14/h1-11H,12H2,(H,21,23)/b20-11-. The minimum absolute atomic E-state index is 0.00820. The summed E-state index contributed by atoms with van der Waals surface area (Å²) in [4.78, 5) is 24.7. The van der Waals surface area contributed by atoms with Crippen molar-refractivity contribution in [2.75, 3.05) is 0 Å². The molecule has 0 bridgehead atoms. The summed E-state index contributed by atoms with van der Waals surface area (Å²) in [6.07, 6.45) is 4.45. The van der Waals surface area contributed by atoms with Gasteiger partial charge >= 0.3 is 0 Å². The van der Waals surface area contributed by atoms with E-state index in [1.807, 2.05) is 18.2 Å². The van der Waals surface area contributed by atoms with Crippen LogP contribution in [0.4, 0.5) is 0 Å². The molecule has 0 unspecified atom stereocenters. The van der Waals surface area contributed by atoms with Gasteiger partial charge in [-0.1, -0.05) is 29.8 Å². The van der Waals surface area contributed by atoms with Crippen LogP contribution in [-0.4, -0.2) is 16.7 Å². The number of nitrogens with one attached hydrogen (secondary N) is 1. The van der Waals surface area contributed by atoms with E-state index in [-0.39, 0.29) is 12.1 Å². The number of carbonyl (C=O) groups excluding carboxylic acids is 1. The van der Waals surface area contributed by atoms with Crippen LogP contribution in [0.15, 0.2) is 75.3 Å². The van der Waals surface area contributed by atoms with Crippen LogP contribution < -0.4 is 11.0 Å². The van der Waals surface area contributed by atoms with Gasteiger partial charge in [0, 0.05) is 11.2 Å². The molecule has 3 rings (SSSR count). The molecule has 0 saturated heterocycles. The van der Waals surface area contributed by atoms with Crippen LogP contribution in [0.25, 0.3) is 0 Å². The first-order chi connectivity index (χ1) is 12.1. The summed E-state index contributed by atoms with van der Waals surface area (Å²) in [6.45, 7) is 0.273. The topological polar surface area (TPSA) is 76.6 Å². The number of nitrogens with zero attached hydrogens (tertiary/aromatic N) is 2. The molecule has 0 aliphatic rings. The van der Waals surface area contributed by atoms with Crippen molar-refractivity contribution in [3.05, 3.63) is 93.3 Å². The zero-order chi connectivity index (χ0) is 17.6. The number of hydrogen-bond acceptors (Lipinski definition) is 4. The lowest BCUT2D eigenvalue weighted by atomic mass is 10.2. The molecule has 1 amide bonds. The SMILES string of the molecule is O=C(N/N=C\c1ccco1)c1cccn(Cc2ccccc2Cl)c1=O. The number of aromatic nitrogens is 1. The van der Waals surface area contributed by atoms with Crippen LogP contribution in [0.1, 0.15) is 21.7 Å². The molecule has 0 aliphatic carbocycles. The van der Waals surface area contributed by atoms with E-state index in [1.54, 1.807) is 30.5 Å². The van der Waals surface area contributed by atoms with Gasteiger partial charge in [0.15, 0.2) is 0 Å². The Morgan fingerprint density at radius 2 is 2.04 bits per heavy atom. The molecule has 2 heterocycles. The molecule has 6 nitrogen and oxygen atoms in total. The van der Waals surface area contributed by atoms with Crippen LogP contribution in [0, 0.1) is 0 Å². The number of hydrogen-bond donors (Lipinski definition) is 1. The maximum absolute atomic E-state index is 12.5. The fourth-order valence-electron chi connectivity index (χ4n) is 2.22. The Hall–Kier alpha value is -3.12. The number of hydrazone groups is 1. The highest BCUT2D eigenvalue weighted by Crippen LogP contribution is 2.15. The van der Waals surface area contributed by atoms with Gasteiger partial charge in [0.25, 0.3) is 11.5 Å². The first-order valence-electron chi connectivity index (χ1n) is 7.45. The largest absolute Gasteiger partial charge is 0.463 e. The van der Waals surface area contributed by atoms with Crippen LogP contribution >= 0.6 is 11.6 Å². The fraction of sp³-hybridized carbons (Fsp3) is 0.0556. The molecule has 0 saturated carbocycles. The molecular formula is C18H14ClN3O3. The molecule has 25 heavy (non-hydrogen) atoms. The van der Waals surface area contributed by atoms with E-state index in [2.05, 4.69) is 10.5 Å². The number of carbonyl (C=O) groups is 1. The lowest BCUT2D eigenvalue weighted by molar-refractivity contribution is 0.0953. The Morgan fingerprint density at radius 3 is 2.80 bits per heavy atom. The molecule has 3 aromatic rings. The molecule has 0 fully saturated rings. The summed E-state index contributed by atoms with van der Waals surface area (Å²) in [5.74, 6) is -0.106. The highest BCUT2D eigenvalue weighted by Gasteiger charge is 2.12. The van der Waals surface area contributed by atoms with Crippen LogP contribution in [0.3, 0.4) is 0 Å². The maximum atomic E-state index is 12.5. The number of rotatable bonds is 5. The Bertz CT molecular complexity index is 962. The Kier molecular flexibility index (Phi) is 5.11. The summed E-state index contributed by atoms with van der Waals surface area (Å²) < 4.78 is 6.49. The molecule has 126 valence electrons. The van der Waals surface area contributed by atoms with Gasteiger partial charge in [-0.15, -0.1) is 0 Å². The third-order valence-electron chi connectivity index (χ3n) is 3.46. The zero-order valence-electron chi connectivity index (χ0n) is 13.1. The number of furan rings is 1. The van der Waals surface area contributed by atoms with Crippen molar-refractivity contribution >= 4 is 23.7 Å². The van der Waals surface area contributed by atoms with Crippen molar-refractivity contribution in [1.29, 1.82) is 0 Å². The predicted molar refractivity (Wildman–Crippen MR) is 95.0 cm³/mol. The van der Waals surface area contributed by atoms with E-state index in [1.165, 1.54) is 23.1 Å². The maximum Gasteiger partial charge on any atom is 0.276 e. The van der Waals surface area contributed by atoms with Crippen molar-refractivity contribution in [3.63, 3.8) is 0 Å². The quantitative estimate of drug-likeness (QED) is 0.564. The number of halogens is 1. The number of benzene rings is 1. The third-order valence-corrected chi connectivity index (χ3v) is 3.83. The lowest BCUT2D eigenvalue weighted by Crippen LogP contribution is -2.30. The third kappa shape index (κ3) is 4.05. The number of amides is 1. The van der Waals surface area contributed by atoms with Gasteiger partial charge in [-0.25, -0.2) is 5.43 Å². The van der Waals surface area contributed by atoms with Crippen molar-refractivity contribution in [3.8, 4) is 0 Å². The smallest absolute Gasteiger partial charge is 0.276 e. The van der Waals surface area contributed by atoms with Crippen LogP contribution in [0.5, 0.6) is 0 Å². The van der Waals surface area contributed by atoms with Crippen molar-refractivity contribution in [2.24, 2.45) is 5.10 Å². The molecule has 1 N–H and O–H groups in total. The van der Waals surface area contributed by atoms with Gasteiger partial charge in [-0.2, -0.15) is 5.10 Å². The van der Waals surface area contributed by atoms with Crippen LogP contribution in [-0.2, 0) is 6.54 Å². The van der Waals surface area contributed by atoms with Gasteiger partial charge in [0.1, 0.15) is 11.3 Å². The lowest BCUT2D eigenvalue weighted by Gasteiger charge is -2.09. The van der Waals surface area contributed by atoms with Gasteiger partial charge in [0.05, 0.1) is 19.0 Å². The van der Waals surface area contributed by atoms with Gasteiger partial charge in [-0.3, -0.25) is 9.59 Å². The van der Waals surface area contributed by atoms with E-state index in [9.17, 15) is 9.59 Å². The second-order valence-corrected chi connectivity index (χ2v) is 5.57. The van der Waals surface area contributed by atoms with E-state index < -0.39 is 11.5 Å². The monoisotopic (exact) mass is 355 g/mol. The van der Waals surface area contributed by atoms with E-state index in [0.717, 1.165) is 5.56 Å². The van der Waals surface area contributed by atoms with Crippen molar-refractivity contribution < 1.29 is 9.21 Å². The Labute approximate surface area is 148 Å². The van der Waals surface area contributed by atoms with E-state index in [4.69, 9.17) is 16.0 Å². The molecule has 0 spiro atoms. The predicted octanol–water partition coefficient (Wildman–Crippen LogP) is 2.91. The number of pyridine rings is 1.